The molecule has 6 heteroatoms. The molecule has 0 bridgehead atoms. The molecule has 0 aliphatic heterocycles. The van der Waals surface area contributed by atoms with Crippen LogP contribution in [0.1, 0.15) is 43.9 Å². The van der Waals surface area contributed by atoms with Crippen LogP contribution in [0.5, 0.6) is 0 Å². The standard InChI is InChI=1S/C14H18BrN3OS/c1-2-3-7-11(16)14-17-13(18-19-14)9-20-12-8-5-4-6-10(12)15/h4-6,8,11H,2-3,7,9,16H2,1H3. The molecule has 0 fully saturated rings. The monoisotopic (exact) mass is 355 g/mol. The van der Waals surface area contributed by atoms with E-state index in [4.69, 9.17) is 10.3 Å². The van der Waals surface area contributed by atoms with E-state index in [-0.39, 0.29) is 6.04 Å². The maximum absolute atomic E-state index is 6.02. The van der Waals surface area contributed by atoms with Crippen molar-refractivity contribution in [3.05, 3.63) is 40.5 Å². The van der Waals surface area contributed by atoms with Crippen LogP contribution in [0, 0.1) is 0 Å². The average molecular weight is 356 g/mol. The number of halogens is 1. The van der Waals surface area contributed by atoms with Crippen LogP contribution < -0.4 is 5.73 Å². The van der Waals surface area contributed by atoms with Gasteiger partial charge in [-0.05, 0) is 34.5 Å². The van der Waals surface area contributed by atoms with E-state index >= 15 is 0 Å². The molecule has 1 atom stereocenters. The van der Waals surface area contributed by atoms with Crippen LogP contribution in [0.25, 0.3) is 0 Å². The van der Waals surface area contributed by atoms with Gasteiger partial charge in [-0.2, -0.15) is 4.98 Å². The van der Waals surface area contributed by atoms with Gasteiger partial charge in [0.1, 0.15) is 0 Å². The van der Waals surface area contributed by atoms with Crippen LogP contribution in [-0.4, -0.2) is 10.1 Å². The Balaban J connectivity index is 1.91. The molecule has 0 aliphatic rings. The summed E-state index contributed by atoms with van der Waals surface area (Å²) < 4.78 is 6.31. The fourth-order valence-corrected chi connectivity index (χ4v) is 3.14. The van der Waals surface area contributed by atoms with Gasteiger partial charge in [0, 0.05) is 9.37 Å². The largest absolute Gasteiger partial charge is 0.338 e. The average Bonchev–Trinajstić information content (AvgIpc) is 2.93. The number of hydrogen-bond donors (Lipinski definition) is 1. The zero-order valence-corrected chi connectivity index (χ0v) is 13.8. The molecule has 1 heterocycles. The van der Waals surface area contributed by atoms with Gasteiger partial charge in [-0.1, -0.05) is 37.1 Å². The van der Waals surface area contributed by atoms with E-state index in [1.807, 2.05) is 18.2 Å². The molecule has 0 saturated carbocycles. The number of unbranched alkanes of at least 4 members (excludes halogenated alkanes) is 1. The highest BCUT2D eigenvalue weighted by Crippen LogP contribution is 2.29. The smallest absolute Gasteiger partial charge is 0.243 e. The van der Waals surface area contributed by atoms with Crippen molar-refractivity contribution in [1.82, 2.24) is 10.1 Å². The summed E-state index contributed by atoms with van der Waals surface area (Å²) in [5.74, 6) is 1.90. The summed E-state index contributed by atoms with van der Waals surface area (Å²) in [7, 11) is 0. The van der Waals surface area contributed by atoms with E-state index in [0.717, 1.165) is 28.6 Å². The Kier molecular flexibility index (Phi) is 6.06. The normalized spacial score (nSPS) is 12.6. The molecule has 108 valence electrons. The lowest BCUT2D eigenvalue weighted by molar-refractivity contribution is 0.343. The van der Waals surface area contributed by atoms with Crippen molar-refractivity contribution in [1.29, 1.82) is 0 Å². The summed E-state index contributed by atoms with van der Waals surface area (Å²) in [5, 5.41) is 3.99. The Morgan fingerprint density at radius 1 is 1.40 bits per heavy atom. The predicted octanol–water partition coefficient (Wildman–Crippen LogP) is 4.31. The predicted molar refractivity (Wildman–Crippen MR) is 84.5 cm³/mol. The molecule has 0 radical (unpaired) electrons. The highest BCUT2D eigenvalue weighted by atomic mass is 79.9. The first-order valence-corrected chi connectivity index (χ1v) is 8.44. The minimum absolute atomic E-state index is 0.148. The Hall–Kier alpha value is -0.850. The second-order valence-corrected chi connectivity index (χ2v) is 6.39. The number of benzene rings is 1. The lowest BCUT2D eigenvalue weighted by Gasteiger charge is -2.03. The fraction of sp³-hybridized carbons (Fsp3) is 0.429. The van der Waals surface area contributed by atoms with Gasteiger partial charge < -0.3 is 10.3 Å². The molecule has 2 rings (SSSR count). The number of rotatable bonds is 7. The summed E-state index contributed by atoms with van der Waals surface area (Å²) in [6.45, 7) is 2.14. The SMILES string of the molecule is CCCCC(N)c1nc(CSc2ccccc2Br)no1. The highest BCUT2D eigenvalue weighted by molar-refractivity contribution is 9.10. The van der Waals surface area contributed by atoms with Gasteiger partial charge in [0.15, 0.2) is 5.82 Å². The van der Waals surface area contributed by atoms with Gasteiger partial charge in [0.05, 0.1) is 11.8 Å². The second-order valence-electron chi connectivity index (χ2n) is 4.52. The summed E-state index contributed by atoms with van der Waals surface area (Å²) in [4.78, 5) is 5.53. The lowest BCUT2D eigenvalue weighted by atomic mass is 10.1. The van der Waals surface area contributed by atoms with Crippen LogP contribution >= 0.6 is 27.7 Å². The minimum Gasteiger partial charge on any atom is -0.338 e. The Morgan fingerprint density at radius 3 is 2.95 bits per heavy atom. The Bertz CT molecular complexity index is 547. The Labute approximate surface area is 131 Å². The number of nitrogens with zero attached hydrogens (tertiary/aromatic N) is 2. The molecule has 0 spiro atoms. The number of thioether (sulfide) groups is 1. The van der Waals surface area contributed by atoms with Gasteiger partial charge in [-0.25, -0.2) is 0 Å². The molecule has 1 aromatic carbocycles. The van der Waals surface area contributed by atoms with Gasteiger partial charge in [0.2, 0.25) is 5.89 Å². The molecule has 1 aromatic heterocycles. The molecule has 20 heavy (non-hydrogen) atoms. The maximum atomic E-state index is 6.02. The summed E-state index contributed by atoms with van der Waals surface area (Å²) in [6.07, 6.45) is 3.08. The third-order valence-corrected chi connectivity index (χ3v) is 4.89. The molecular formula is C14H18BrN3OS. The van der Waals surface area contributed by atoms with Crippen molar-refractivity contribution >= 4 is 27.7 Å². The molecule has 2 aromatic rings. The molecule has 1 unspecified atom stereocenters. The van der Waals surface area contributed by atoms with Crippen LogP contribution in [0.3, 0.4) is 0 Å². The molecule has 2 N–H and O–H groups in total. The van der Waals surface area contributed by atoms with Gasteiger partial charge in [-0.15, -0.1) is 11.8 Å². The third kappa shape index (κ3) is 4.33. The van der Waals surface area contributed by atoms with E-state index in [0.29, 0.717) is 17.5 Å². The zero-order chi connectivity index (χ0) is 14.4. The van der Waals surface area contributed by atoms with Crippen LogP contribution in [0.4, 0.5) is 0 Å². The van der Waals surface area contributed by atoms with Crippen molar-refractivity contribution in [2.24, 2.45) is 5.73 Å². The van der Waals surface area contributed by atoms with E-state index < -0.39 is 0 Å². The molecule has 0 amide bonds. The lowest BCUT2D eigenvalue weighted by Crippen LogP contribution is -2.10. The van der Waals surface area contributed by atoms with Gasteiger partial charge >= 0.3 is 0 Å². The van der Waals surface area contributed by atoms with Crippen LogP contribution in [-0.2, 0) is 5.75 Å². The van der Waals surface area contributed by atoms with E-state index in [2.05, 4.69) is 39.1 Å². The summed E-state index contributed by atoms with van der Waals surface area (Å²) >= 11 is 5.19. The number of nitrogens with two attached hydrogens (primary N) is 1. The second kappa shape index (κ2) is 7.81. The van der Waals surface area contributed by atoms with E-state index in [1.54, 1.807) is 11.8 Å². The van der Waals surface area contributed by atoms with E-state index in [9.17, 15) is 0 Å². The fourth-order valence-electron chi connectivity index (χ4n) is 1.73. The molecule has 0 aliphatic carbocycles. The number of aromatic nitrogens is 2. The van der Waals surface area contributed by atoms with Crippen LogP contribution in [0.2, 0.25) is 0 Å². The third-order valence-electron chi connectivity index (χ3n) is 2.86. The Morgan fingerprint density at radius 2 is 2.20 bits per heavy atom. The first-order valence-electron chi connectivity index (χ1n) is 6.66. The van der Waals surface area contributed by atoms with Crippen molar-refractivity contribution in [2.75, 3.05) is 0 Å². The van der Waals surface area contributed by atoms with Crippen LogP contribution in [0.15, 0.2) is 38.2 Å². The zero-order valence-electron chi connectivity index (χ0n) is 11.4. The van der Waals surface area contributed by atoms with Crippen molar-refractivity contribution < 1.29 is 4.52 Å². The molecular weight excluding hydrogens is 338 g/mol. The molecule has 0 saturated heterocycles. The molecule has 4 nitrogen and oxygen atoms in total. The first kappa shape index (κ1) is 15.5. The van der Waals surface area contributed by atoms with Crippen molar-refractivity contribution in [3.8, 4) is 0 Å². The number of hydrogen-bond acceptors (Lipinski definition) is 5. The van der Waals surface area contributed by atoms with Crippen molar-refractivity contribution in [2.45, 2.75) is 42.9 Å². The first-order chi connectivity index (χ1) is 9.70. The van der Waals surface area contributed by atoms with Gasteiger partial charge in [-0.3, -0.25) is 0 Å². The minimum atomic E-state index is -0.148. The quantitative estimate of drug-likeness (QED) is 0.749. The highest BCUT2D eigenvalue weighted by Gasteiger charge is 2.14. The van der Waals surface area contributed by atoms with Crippen molar-refractivity contribution in [3.63, 3.8) is 0 Å². The summed E-state index contributed by atoms with van der Waals surface area (Å²) in [5.41, 5.74) is 6.02. The van der Waals surface area contributed by atoms with E-state index in [1.165, 1.54) is 0 Å². The topological polar surface area (TPSA) is 64.9 Å². The summed E-state index contributed by atoms with van der Waals surface area (Å²) in [6, 6.07) is 7.93. The maximum Gasteiger partial charge on any atom is 0.243 e. The van der Waals surface area contributed by atoms with Gasteiger partial charge in [0.25, 0.3) is 0 Å².